The number of likely N-dealkylation sites (N-methyl/N-ethyl adjacent to an activating group) is 1. The molecule has 0 fully saturated rings. The van der Waals surface area contributed by atoms with E-state index in [9.17, 15) is 14.0 Å². The number of amides is 2. The summed E-state index contributed by atoms with van der Waals surface area (Å²) < 4.78 is 23.4. The van der Waals surface area contributed by atoms with Gasteiger partial charge < -0.3 is 19.7 Å². The molecule has 25 heavy (non-hydrogen) atoms. The average Bonchev–Trinajstić information content (AvgIpc) is 2.60. The van der Waals surface area contributed by atoms with E-state index in [1.165, 1.54) is 44.4 Å². The second-order valence-corrected chi connectivity index (χ2v) is 5.29. The number of carbonyl (C=O) groups is 2. The fraction of sp³-hybridized carbons (Fsp3) is 0.222. The monoisotopic (exact) mass is 346 g/mol. The maximum atomic E-state index is 13.1. The molecule has 0 heterocycles. The van der Waals surface area contributed by atoms with Crippen LogP contribution in [0.5, 0.6) is 11.5 Å². The molecule has 132 valence electrons. The molecule has 0 aromatic heterocycles. The fourth-order valence-electron chi connectivity index (χ4n) is 2.24. The number of ether oxygens (including phenoxy) is 2. The van der Waals surface area contributed by atoms with Crippen LogP contribution in [0.25, 0.3) is 0 Å². The second kappa shape index (κ2) is 8.14. The quantitative estimate of drug-likeness (QED) is 0.873. The Kier molecular flexibility index (Phi) is 5.94. The van der Waals surface area contributed by atoms with E-state index in [2.05, 4.69) is 5.32 Å². The first kappa shape index (κ1) is 18.3. The van der Waals surface area contributed by atoms with Gasteiger partial charge in [-0.3, -0.25) is 9.59 Å². The lowest BCUT2D eigenvalue weighted by Crippen LogP contribution is -2.34. The SMILES string of the molecule is COc1ccc(C(=O)N(C)CC(=O)Nc2cccc(F)c2)cc1OC. The lowest BCUT2D eigenvalue weighted by Gasteiger charge is -2.18. The van der Waals surface area contributed by atoms with Crippen LogP contribution < -0.4 is 14.8 Å². The van der Waals surface area contributed by atoms with Crippen molar-refractivity contribution in [3.63, 3.8) is 0 Å². The molecule has 2 rings (SSSR count). The van der Waals surface area contributed by atoms with Crippen molar-refractivity contribution in [2.45, 2.75) is 0 Å². The van der Waals surface area contributed by atoms with E-state index in [4.69, 9.17) is 9.47 Å². The van der Waals surface area contributed by atoms with Gasteiger partial charge in [0.1, 0.15) is 5.82 Å². The summed E-state index contributed by atoms with van der Waals surface area (Å²) in [6, 6.07) is 10.3. The first-order chi connectivity index (χ1) is 11.9. The molecule has 7 heteroatoms. The Morgan fingerprint density at radius 1 is 1.08 bits per heavy atom. The molecule has 2 amide bonds. The van der Waals surface area contributed by atoms with E-state index in [0.717, 1.165) is 0 Å². The Morgan fingerprint density at radius 3 is 2.44 bits per heavy atom. The molecule has 0 atom stereocenters. The predicted octanol–water partition coefficient (Wildman–Crippen LogP) is 2.55. The van der Waals surface area contributed by atoms with Gasteiger partial charge in [-0.25, -0.2) is 4.39 Å². The third kappa shape index (κ3) is 4.69. The van der Waals surface area contributed by atoms with E-state index in [1.54, 1.807) is 24.3 Å². The Labute approximate surface area is 145 Å². The molecule has 0 aliphatic heterocycles. The van der Waals surface area contributed by atoms with Crippen LogP contribution in [0.15, 0.2) is 42.5 Å². The molecular weight excluding hydrogens is 327 g/mol. The van der Waals surface area contributed by atoms with E-state index < -0.39 is 11.7 Å². The summed E-state index contributed by atoms with van der Waals surface area (Å²) in [5, 5.41) is 2.54. The molecular formula is C18H19FN2O4. The smallest absolute Gasteiger partial charge is 0.254 e. The third-order valence-electron chi connectivity index (χ3n) is 3.47. The highest BCUT2D eigenvalue weighted by Crippen LogP contribution is 2.27. The lowest BCUT2D eigenvalue weighted by atomic mass is 10.1. The largest absolute Gasteiger partial charge is 0.493 e. The van der Waals surface area contributed by atoms with Crippen molar-refractivity contribution in [3.05, 3.63) is 53.8 Å². The van der Waals surface area contributed by atoms with Crippen molar-refractivity contribution >= 4 is 17.5 Å². The molecule has 2 aromatic carbocycles. The molecule has 2 aromatic rings. The zero-order valence-electron chi connectivity index (χ0n) is 14.2. The first-order valence-corrected chi connectivity index (χ1v) is 7.47. The number of anilines is 1. The van der Waals surface area contributed by atoms with E-state index in [1.807, 2.05) is 0 Å². The molecule has 0 aliphatic carbocycles. The zero-order valence-corrected chi connectivity index (χ0v) is 14.2. The van der Waals surface area contributed by atoms with Crippen LogP contribution in [-0.2, 0) is 4.79 Å². The third-order valence-corrected chi connectivity index (χ3v) is 3.47. The Morgan fingerprint density at radius 2 is 1.80 bits per heavy atom. The number of halogens is 1. The summed E-state index contributed by atoms with van der Waals surface area (Å²) in [5.41, 5.74) is 0.690. The minimum Gasteiger partial charge on any atom is -0.493 e. The van der Waals surface area contributed by atoms with E-state index >= 15 is 0 Å². The van der Waals surface area contributed by atoms with Gasteiger partial charge in [0.15, 0.2) is 11.5 Å². The number of nitrogens with one attached hydrogen (secondary N) is 1. The Hall–Kier alpha value is -3.09. The van der Waals surface area contributed by atoms with Gasteiger partial charge in [0.2, 0.25) is 5.91 Å². The molecule has 0 saturated carbocycles. The Bertz CT molecular complexity index is 779. The van der Waals surface area contributed by atoms with Gasteiger partial charge in [0.05, 0.1) is 20.8 Å². The molecule has 1 N–H and O–H groups in total. The minimum absolute atomic E-state index is 0.177. The van der Waals surface area contributed by atoms with Gasteiger partial charge in [-0.15, -0.1) is 0 Å². The number of rotatable bonds is 6. The van der Waals surface area contributed by atoms with E-state index in [-0.39, 0.29) is 12.5 Å². The summed E-state index contributed by atoms with van der Waals surface area (Å²) >= 11 is 0. The number of benzene rings is 2. The van der Waals surface area contributed by atoms with Gasteiger partial charge in [0, 0.05) is 18.3 Å². The normalized spacial score (nSPS) is 10.1. The van der Waals surface area contributed by atoms with Crippen LogP contribution in [0.3, 0.4) is 0 Å². The highest BCUT2D eigenvalue weighted by atomic mass is 19.1. The number of nitrogens with zero attached hydrogens (tertiary/aromatic N) is 1. The molecule has 0 unspecified atom stereocenters. The lowest BCUT2D eigenvalue weighted by molar-refractivity contribution is -0.116. The predicted molar refractivity (Wildman–Crippen MR) is 91.5 cm³/mol. The van der Waals surface area contributed by atoms with Crippen LogP contribution >= 0.6 is 0 Å². The van der Waals surface area contributed by atoms with Crippen LogP contribution in [0.1, 0.15) is 10.4 Å². The summed E-state index contributed by atoms with van der Waals surface area (Å²) in [6.45, 7) is -0.177. The van der Waals surface area contributed by atoms with Gasteiger partial charge in [-0.05, 0) is 36.4 Å². The number of hydrogen-bond acceptors (Lipinski definition) is 4. The topological polar surface area (TPSA) is 67.9 Å². The molecule has 0 aliphatic rings. The van der Waals surface area contributed by atoms with Gasteiger partial charge in [0.25, 0.3) is 5.91 Å². The van der Waals surface area contributed by atoms with Crippen molar-refractivity contribution in [2.24, 2.45) is 0 Å². The van der Waals surface area contributed by atoms with Crippen LogP contribution in [0.2, 0.25) is 0 Å². The van der Waals surface area contributed by atoms with Crippen molar-refractivity contribution in [1.29, 1.82) is 0 Å². The second-order valence-electron chi connectivity index (χ2n) is 5.29. The van der Waals surface area contributed by atoms with Crippen molar-refractivity contribution in [1.82, 2.24) is 4.90 Å². The highest BCUT2D eigenvalue weighted by molar-refractivity contribution is 5.99. The number of hydrogen-bond donors (Lipinski definition) is 1. The van der Waals surface area contributed by atoms with Crippen LogP contribution in [-0.4, -0.2) is 44.5 Å². The summed E-state index contributed by atoms with van der Waals surface area (Å²) in [7, 11) is 4.48. The van der Waals surface area contributed by atoms with E-state index in [0.29, 0.717) is 22.7 Å². The number of methoxy groups -OCH3 is 2. The molecule has 0 radical (unpaired) electrons. The van der Waals surface area contributed by atoms with Crippen LogP contribution in [0, 0.1) is 5.82 Å². The summed E-state index contributed by atoms with van der Waals surface area (Å²) in [5.74, 6) is -0.304. The standard InChI is InChI=1S/C18H19FN2O4/c1-21(11-17(22)20-14-6-4-5-13(19)10-14)18(23)12-7-8-15(24-2)16(9-12)25-3/h4-10H,11H2,1-3H3,(H,20,22). The van der Waals surface area contributed by atoms with Crippen LogP contribution in [0.4, 0.5) is 10.1 Å². The number of carbonyl (C=O) groups excluding carboxylic acids is 2. The minimum atomic E-state index is -0.451. The first-order valence-electron chi connectivity index (χ1n) is 7.47. The van der Waals surface area contributed by atoms with Gasteiger partial charge in [-0.2, -0.15) is 0 Å². The highest BCUT2D eigenvalue weighted by Gasteiger charge is 2.17. The molecule has 6 nitrogen and oxygen atoms in total. The molecule has 0 saturated heterocycles. The summed E-state index contributed by atoms with van der Waals surface area (Å²) in [4.78, 5) is 25.7. The average molecular weight is 346 g/mol. The van der Waals surface area contributed by atoms with Gasteiger partial charge >= 0.3 is 0 Å². The molecule has 0 bridgehead atoms. The van der Waals surface area contributed by atoms with Gasteiger partial charge in [-0.1, -0.05) is 6.07 Å². The van der Waals surface area contributed by atoms with Crippen molar-refractivity contribution in [3.8, 4) is 11.5 Å². The van der Waals surface area contributed by atoms with Crippen molar-refractivity contribution < 1.29 is 23.5 Å². The molecule has 0 spiro atoms. The summed E-state index contributed by atoms with van der Waals surface area (Å²) in [6.07, 6.45) is 0. The maximum absolute atomic E-state index is 13.1. The fourth-order valence-corrected chi connectivity index (χ4v) is 2.24. The van der Waals surface area contributed by atoms with Crippen molar-refractivity contribution in [2.75, 3.05) is 33.1 Å². The maximum Gasteiger partial charge on any atom is 0.254 e. The zero-order chi connectivity index (χ0) is 18.4. The Balaban J connectivity index is 2.03.